The molecule has 214 valence electrons. The van der Waals surface area contributed by atoms with Crippen molar-refractivity contribution in [3.63, 3.8) is 0 Å². The van der Waals surface area contributed by atoms with Crippen molar-refractivity contribution < 1.29 is 18.0 Å². The summed E-state index contributed by atoms with van der Waals surface area (Å²) in [6, 6.07) is 17.4. The molecule has 0 heterocycles. The van der Waals surface area contributed by atoms with Gasteiger partial charge in [-0.25, -0.2) is 8.42 Å². The molecule has 10 heteroatoms. The second-order valence-electron chi connectivity index (χ2n) is 9.93. The minimum Gasteiger partial charge on any atom is -0.352 e. The number of anilines is 1. The van der Waals surface area contributed by atoms with E-state index in [2.05, 4.69) is 5.32 Å². The van der Waals surface area contributed by atoms with E-state index in [1.165, 1.54) is 17.0 Å². The van der Waals surface area contributed by atoms with Crippen molar-refractivity contribution in [1.82, 2.24) is 10.2 Å². The summed E-state index contributed by atoms with van der Waals surface area (Å²) in [4.78, 5) is 28.5. The molecule has 0 spiro atoms. The van der Waals surface area contributed by atoms with E-state index in [0.717, 1.165) is 21.9 Å². The third-order valence-electron chi connectivity index (χ3n) is 6.68. The van der Waals surface area contributed by atoms with Crippen LogP contribution in [0.5, 0.6) is 0 Å². The van der Waals surface area contributed by atoms with E-state index in [1.54, 1.807) is 55.5 Å². The Bertz CT molecular complexity index is 1460. The number of carbonyl (C=O) groups is 2. The van der Waals surface area contributed by atoms with Crippen LogP contribution in [0.15, 0.2) is 71.6 Å². The monoisotopic (exact) mass is 603 g/mol. The van der Waals surface area contributed by atoms with Gasteiger partial charge in [-0.15, -0.1) is 0 Å². The smallest absolute Gasteiger partial charge is 0.264 e. The lowest BCUT2D eigenvalue weighted by atomic mass is 10.1. The summed E-state index contributed by atoms with van der Waals surface area (Å²) in [6.07, 6.45) is 0.717. The highest BCUT2D eigenvalue weighted by molar-refractivity contribution is 7.92. The third kappa shape index (κ3) is 7.77. The first kappa shape index (κ1) is 31.5. The van der Waals surface area contributed by atoms with Crippen molar-refractivity contribution in [2.24, 2.45) is 0 Å². The van der Waals surface area contributed by atoms with Crippen molar-refractivity contribution in [2.45, 2.75) is 64.6 Å². The molecule has 0 fully saturated rings. The molecule has 2 amide bonds. The average Bonchev–Trinajstić information content (AvgIpc) is 2.91. The normalized spacial score (nSPS) is 12.9. The number of benzene rings is 3. The van der Waals surface area contributed by atoms with Crippen molar-refractivity contribution in [3.8, 4) is 0 Å². The summed E-state index contributed by atoms with van der Waals surface area (Å²) in [5.74, 6) is -0.888. The number of hydrogen-bond acceptors (Lipinski definition) is 4. The molecule has 0 aliphatic heterocycles. The lowest BCUT2D eigenvalue weighted by Crippen LogP contribution is -2.52. The predicted molar refractivity (Wildman–Crippen MR) is 161 cm³/mol. The molecule has 1 N–H and O–H groups in total. The molecule has 0 unspecified atom stereocenters. The zero-order valence-corrected chi connectivity index (χ0v) is 25.6. The molecule has 3 rings (SSSR count). The molecule has 40 heavy (non-hydrogen) atoms. The van der Waals surface area contributed by atoms with Gasteiger partial charge in [-0.3, -0.25) is 13.9 Å². The zero-order valence-electron chi connectivity index (χ0n) is 23.3. The number of aryl methyl sites for hydroxylation is 2. The zero-order chi connectivity index (χ0) is 29.6. The maximum atomic E-state index is 14.0. The number of nitrogens with one attached hydrogen (secondary N) is 1. The molecule has 0 saturated carbocycles. The molecule has 0 aliphatic rings. The van der Waals surface area contributed by atoms with Crippen LogP contribution in [-0.2, 0) is 26.2 Å². The SMILES string of the molecule is CC[C@H](C)NC(=O)[C@H](C)N(Cc1ccc(Cl)c(Cl)c1)C(=O)CN(c1cccc(C)c1)S(=O)(=O)c1ccc(C)cc1. The molecule has 0 saturated heterocycles. The summed E-state index contributed by atoms with van der Waals surface area (Å²) >= 11 is 12.3. The van der Waals surface area contributed by atoms with Gasteiger partial charge in [0, 0.05) is 12.6 Å². The molecule has 3 aromatic carbocycles. The minimum absolute atomic E-state index is 0.0249. The van der Waals surface area contributed by atoms with Crippen molar-refractivity contribution in [3.05, 3.63) is 93.5 Å². The Hall–Kier alpha value is -3.07. The number of rotatable bonds is 11. The minimum atomic E-state index is -4.12. The van der Waals surface area contributed by atoms with Crippen LogP contribution in [0.2, 0.25) is 10.0 Å². The van der Waals surface area contributed by atoms with Gasteiger partial charge in [0.15, 0.2) is 0 Å². The van der Waals surface area contributed by atoms with E-state index in [-0.39, 0.29) is 23.4 Å². The predicted octanol–water partition coefficient (Wildman–Crippen LogP) is 6.14. The van der Waals surface area contributed by atoms with Crippen molar-refractivity contribution in [2.75, 3.05) is 10.8 Å². The van der Waals surface area contributed by atoms with Crippen molar-refractivity contribution in [1.29, 1.82) is 0 Å². The molecular formula is C30H35Cl2N3O4S. The first-order valence-corrected chi connectivity index (χ1v) is 15.2. The highest BCUT2D eigenvalue weighted by Crippen LogP contribution is 2.27. The Morgan fingerprint density at radius 3 is 2.17 bits per heavy atom. The Labute approximate surface area is 247 Å². The van der Waals surface area contributed by atoms with Crippen LogP contribution in [0.1, 0.15) is 43.9 Å². The van der Waals surface area contributed by atoms with Gasteiger partial charge in [0.1, 0.15) is 12.6 Å². The summed E-state index contributed by atoms with van der Waals surface area (Å²) in [7, 11) is -4.12. The Balaban J connectivity index is 2.04. The van der Waals surface area contributed by atoms with E-state index in [0.29, 0.717) is 21.3 Å². The quantitative estimate of drug-likeness (QED) is 0.285. The lowest BCUT2D eigenvalue weighted by molar-refractivity contribution is -0.139. The maximum Gasteiger partial charge on any atom is 0.264 e. The number of sulfonamides is 1. The number of carbonyl (C=O) groups excluding carboxylic acids is 2. The average molecular weight is 605 g/mol. The molecule has 3 aromatic rings. The van der Waals surface area contributed by atoms with E-state index in [4.69, 9.17) is 23.2 Å². The molecule has 0 aromatic heterocycles. The number of nitrogens with zero attached hydrogens (tertiary/aromatic N) is 2. The van der Waals surface area contributed by atoms with Gasteiger partial charge in [-0.05, 0) is 81.6 Å². The van der Waals surface area contributed by atoms with E-state index >= 15 is 0 Å². The van der Waals surface area contributed by atoms with Crippen molar-refractivity contribution >= 4 is 50.7 Å². The van der Waals surface area contributed by atoms with Gasteiger partial charge >= 0.3 is 0 Å². The fourth-order valence-corrected chi connectivity index (χ4v) is 5.76. The number of hydrogen-bond donors (Lipinski definition) is 1. The molecule has 0 radical (unpaired) electrons. The Morgan fingerprint density at radius 1 is 0.900 bits per heavy atom. The highest BCUT2D eigenvalue weighted by atomic mass is 35.5. The summed E-state index contributed by atoms with van der Waals surface area (Å²) in [6.45, 7) is 8.68. The van der Waals surface area contributed by atoms with Gasteiger partial charge < -0.3 is 10.2 Å². The van der Waals surface area contributed by atoms with Crippen LogP contribution in [0.3, 0.4) is 0 Å². The number of halogens is 2. The first-order chi connectivity index (χ1) is 18.8. The van der Waals surface area contributed by atoms with E-state index in [1.807, 2.05) is 33.8 Å². The van der Waals surface area contributed by atoms with Crippen LogP contribution in [0.4, 0.5) is 5.69 Å². The molecular weight excluding hydrogens is 569 g/mol. The van der Waals surface area contributed by atoms with Gasteiger partial charge in [-0.2, -0.15) is 0 Å². The Morgan fingerprint density at radius 2 is 1.57 bits per heavy atom. The molecule has 2 atom stereocenters. The molecule has 0 aliphatic carbocycles. The second-order valence-corrected chi connectivity index (χ2v) is 12.6. The third-order valence-corrected chi connectivity index (χ3v) is 9.21. The number of amides is 2. The topological polar surface area (TPSA) is 86.8 Å². The van der Waals surface area contributed by atoms with Gasteiger partial charge in [0.25, 0.3) is 10.0 Å². The van der Waals surface area contributed by atoms with E-state index in [9.17, 15) is 18.0 Å². The fraction of sp³-hybridized carbons (Fsp3) is 0.333. The summed E-state index contributed by atoms with van der Waals surface area (Å²) in [5, 5.41) is 3.59. The largest absolute Gasteiger partial charge is 0.352 e. The summed E-state index contributed by atoms with van der Waals surface area (Å²) < 4.78 is 28.9. The van der Waals surface area contributed by atoms with Crippen LogP contribution < -0.4 is 9.62 Å². The van der Waals surface area contributed by atoms with Crippen LogP contribution in [-0.4, -0.2) is 43.8 Å². The maximum absolute atomic E-state index is 14.0. The standard InChI is InChI=1S/C30H35Cl2N3O4S/c1-6-22(4)33-30(37)23(5)34(18-24-12-15-27(31)28(32)17-24)29(36)19-35(25-9-7-8-21(3)16-25)40(38,39)26-13-10-20(2)11-14-26/h7-17,22-23H,6,18-19H2,1-5H3,(H,33,37)/t22-,23-/m0/s1. The van der Waals surface area contributed by atoms with Gasteiger partial charge in [-0.1, -0.05) is 66.0 Å². The Kier molecular flexibility index (Phi) is 10.6. The molecule has 7 nitrogen and oxygen atoms in total. The molecule has 0 bridgehead atoms. The van der Waals surface area contributed by atoms with E-state index < -0.39 is 28.5 Å². The summed E-state index contributed by atoms with van der Waals surface area (Å²) in [5.41, 5.74) is 2.74. The van der Waals surface area contributed by atoms with Crippen LogP contribution in [0.25, 0.3) is 0 Å². The van der Waals surface area contributed by atoms with Gasteiger partial charge in [0.05, 0.1) is 20.6 Å². The lowest BCUT2D eigenvalue weighted by Gasteiger charge is -2.32. The van der Waals surface area contributed by atoms with Crippen LogP contribution in [0, 0.1) is 13.8 Å². The van der Waals surface area contributed by atoms with Crippen LogP contribution >= 0.6 is 23.2 Å². The highest BCUT2D eigenvalue weighted by Gasteiger charge is 2.33. The first-order valence-electron chi connectivity index (χ1n) is 13.0. The van der Waals surface area contributed by atoms with Gasteiger partial charge in [0.2, 0.25) is 11.8 Å². The second kappa shape index (κ2) is 13.5. The fourth-order valence-electron chi connectivity index (χ4n) is 4.03.